The van der Waals surface area contributed by atoms with Crippen molar-refractivity contribution in [2.45, 2.75) is 0 Å². The second-order valence-electron chi connectivity index (χ2n) is 2.07. The molecule has 0 aliphatic heterocycles. The highest BCUT2D eigenvalue weighted by atomic mass is 16.2. The Morgan fingerprint density at radius 1 is 1.33 bits per heavy atom. The van der Waals surface area contributed by atoms with E-state index in [4.69, 9.17) is 5.73 Å². The van der Waals surface area contributed by atoms with Crippen LogP contribution in [0.5, 0.6) is 0 Å². The van der Waals surface area contributed by atoms with E-state index < -0.39 is 6.03 Å². The Balaban J connectivity index is 3.14. The zero-order valence-electron chi connectivity index (χ0n) is 6.15. The van der Waals surface area contributed by atoms with Crippen LogP contribution >= 0.6 is 0 Å². The van der Waals surface area contributed by atoms with Gasteiger partial charge in [0.05, 0.1) is 0 Å². The molecular weight excluding hydrogens is 156 g/mol. The van der Waals surface area contributed by atoms with Crippen molar-refractivity contribution in [1.82, 2.24) is 5.73 Å². The molecule has 1 aromatic carbocycles. The first kappa shape index (κ1) is 8.17. The summed E-state index contributed by atoms with van der Waals surface area (Å²) >= 11 is 0. The number of isocyanates is 1. The van der Waals surface area contributed by atoms with E-state index in [2.05, 4.69) is 0 Å². The minimum absolute atomic E-state index is 0.354. The van der Waals surface area contributed by atoms with Gasteiger partial charge in [-0.3, -0.25) is 0 Å². The first-order valence-electron chi connectivity index (χ1n) is 3.24. The maximum absolute atomic E-state index is 10.5. The fraction of sp³-hybridized carbons (Fsp3) is 0. The Hall–Kier alpha value is -1.93. The molecule has 59 valence electrons. The molecule has 1 rings (SSSR count). The zero-order valence-corrected chi connectivity index (χ0v) is 6.15. The molecule has 0 saturated carbocycles. The summed E-state index contributed by atoms with van der Waals surface area (Å²) in [6, 6.07) is 7.11. The van der Waals surface area contributed by atoms with Crippen LogP contribution in [0.1, 0.15) is 0 Å². The number of rotatable bonds is 1. The van der Waals surface area contributed by atoms with E-state index in [-0.39, 0.29) is 0 Å². The first-order valence-corrected chi connectivity index (χ1v) is 3.24. The van der Waals surface area contributed by atoms with Crippen LogP contribution in [0.25, 0.3) is 0 Å². The summed E-state index contributed by atoms with van der Waals surface area (Å²) in [5.74, 6) is 0. The van der Waals surface area contributed by atoms with Crippen LogP contribution in [0.2, 0.25) is 0 Å². The number of carbonyl (C=O) groups is 1. The van der Waals surface area contributed by atoms with Crippen molar-refractivity contribution in [3.8, 4) is 0 Å². The molecule has 4 heteroatoms. The lowest BCUT2D eigenvalue weighted by atomic mass is 10.3. The molecule has 0 bridgehead atoms. The van der Waals surface area contributed by atoms with Crippen LogP contribution in [0.15, 0.2) is 30.3 Å². The molecule has 4 nitrogen and oxygen atoms in total. The van der Waals surface area contributed by atoms with E-state index in [1.165, 1.54) is 6.08 Å². The van der Waals surface area contributed by atoms with Gasteiger partial charge in [-0.2, -0.15) is 9.59 Å². The zero-order chi connectivity index (χ0) is 8.97. The van der Waals surface area contributed by atoms with Gasteiger partial charge in [-0.05, 0) is 12.1 Å². The quantitative estimate of drug-likeness (QED) is 0.352. The third kappa shape index (κ3) is 1.56. The summed E-state index contributed by atoms with van der Waals surface area (Å²) in [7, 11) is 0. The minimum Gasteiger partial charge on any atom is -0.192 e. The lowest BCUT2D eigenvalue weighted by Crippen LogP contribution is -2.13. The molecule has 0 saturated heterocycles. The van der Waals surface area contributed by atoms with Crippen molar-refractivity contribution in [3.05, 3.63) is 30.3 Å². The smallest absolute Gasteiger partial charge is 0.192 e. The molecule has 0 spiro atoms. The van der Waals surface area contributed by atoms with E-state index in [0.717, 1.165) is 0 Å². The number of amides is 2. The van der Waals surface area contributed by atoms with Crippen LogP contribution in [0, 0.1) is 0 Å². The van der Waals surface area contributed by atoms with Gasteiger partial charge in [0.2, 0.25) is 0 Å². The number of nitrogens with one attached hydrogen (secondary N) is 1. The van der Waals surface area contributed by atoms with Gasteiger partial charge in [0.25, 0.3) is 0 Å². The van der Waals surface area contributed by atoms with E-state index in [9.17, 15) is 9.59 Å². The van der Waals surface area contributed by atoms with E-state index in [1.807, 2.05) is 0 Å². The van der Waals surface area contributed by atoms with E-state index in [0.29, 0.717) is 10.3 Å². The topological polar surface area (TPSA) is 61.0 Å². The van der Waals surface area contributed by atoms with Crippen molar-refractivity contribution >= 4 is 17.8 Å². The van der Waals surface area contributed by atoms with Gasteiger partial charge in [-0.15, -0.1) is 0 Å². The molecule has 0 aliphatic carbocycles. The largest absolute Gasteiger partial charge is 0.547 e. The van der Waals surface area contributed by atoms with Crippen molar-refractivity contribution in [1.29, 1.82) is 0 Å². The van der Waals surface area contributed by atoms with Crippen LogP contribution in [0.3, 0.4) is 0 Å². The number of carbonyl (C=O) groups excluding carboxylic acids is 2. The van der Waals surface area contributed by atoms with Gasteiger partial charge in [-0.25, -0.2) is 0 Å². The summed E-state index contributed by atoms with van der Waals surface area (Å²) in [5.41, 5.74) is 7.05. The Morgan fingerprint density at radius 2 is 1.92 bits per heavy atom. The molecule has 1 N–H and O–H groups in total. The van der Waals surface area contributed by atoms with Gasteiger partial charge in [0.1, 0.15) is 5.69 Å². The second-order valence-corrected chi connectivity index (χ2v) is 2.07. The van der Waals surface area contributed by atoms with Gasteiger partial charge >= 0.3 is 12.1 Å². The SMILES string of the molecule is [NH]C(=O)[N+](=C=O)c1ccccc1. The molecule has 1 aromatic rings. The van der Waals surface area contributed by atoms with Crippen LogP contribution < -0.4 is 5.73 Å². The highest BCUT2D eigenvalue weighted by Gasteiger charge is 2.14. The Kier molecular flexibility index (Phi) is 2.35. The highest BCUT2D eigenvalue weighted by Crippen LogP contribution is 2.08. The number of hydrogen-bond donors (Lipinski definition) is 0. The average Bonchev–Trinajstić information content (AvgIpc) is 2.07. The Morgan fingerprint density at radius 3 is 2.33 bits per heavy atom. The van der Waals surface area contributed by atoms with Gasteiger partial charge in [-0.1, -0.05) is 28.5 Å². The average molecular weight is 162 g/mol. The summed E-state index contributed by atoms with van der Waals surface area (Å²) in [4.78, 5) is 20.7. The van der Waals surface area contributed by atoms with Crippen LogP contribution in [-0.4, -0.2) is 16.7 Å². The predicted molar refractivity (Wildman–Crippen MR) is 40.5 cm³/mol. The Bertz CT molecular complexity index is 339. The van der Waals surface area contributed by atoms with Crippen LogP contribution in [0.4, 0.5) is 10.5 Å². The van der Waals surface area contributed by atoms with Crippen molar-refractivity contribution in [3.63, 3.8) is 0 Å². The monoisotopic (exact) mass is 162 g/mol. The van der Waals surface area contributed by atoms with Gasteiger partial charge in [0.15, 0.2) is 0 Å². The number of urea groups is 1. The molecule has 0 heterocycles. The number of nitrogens with zero attached hydrogens (tertiary/aromatic N) is 1. The summed E-state index contributed by atoms with van der Waals surface area (Å²) in [6.07, 6.45) is 1.36. The first-order chi connectivity index (χ1) is 5.75. The lowest BCUT2D eigenvalue weighted by Gasteiger charge is -1.91. The second kappa shape index (κ2) is 3.46. The Labute approximate surface area is 68.9 Å². The molecule has 12 heavy (non-hydrogen) atoms. The molecule has 0 atom stereocenters. The van der Waals surface area contributed by atoms with E-state index >= 15 is 0 Å². The number of benzene rings is 1. The molecule has 0 aromatic heterocycles. The van der Waals surface area contributed by atoms with Crippen LogP contribution in [-0.2, 0) is 4.79 Å². The van der Waals surface area contributed by atoms with E-state index in [1.54, 1.807) is 30.3 Å². The van der Waals surface area contributed by atoms with Crippen molar-refractivity contribution in [2.75, 3.05) is 0 Å². The normalized spacial score (nSPS) is 8.67. The summed E-state index contributed by atoms with van der Waals surface area (Å²) < 4.78 is 0.597. The van der Waals surface area contributed by atoms with Gasteiger partial charge < -0.3 is 0 Å². The molecule has 1 radical (unpaired) electrons. The third-order valence-electron chi connectivity index (χ3n) is 1.31. The molecule has 2 amide bonds. The molecule has 0 aliphatic rings. The summed E-state index contributed by atoms with van der Waals surface area (Å²) in [5, 5.41) is 0. The highest BCUT2D eigenvalue weighted by molar-refractivity contribution is 5.68. The fourth-order valence-corrected chi connectivity index (χ4v) is 0.788. The lowest BCUT2D eigenvalue weighted by molar-refractivity contribution is -0.327. The maximum Gasteiger partial charge on any atom is 0.547 e. The molecule has 0 unspecified atom stereocenters. The number of hydrogen-bond acceptors (Lipinski definition) is 2. The standard InChI is InChI=1S/C8H6N2O2/c9-8(12)10(6-11)7-4-2-1-3-5-7/h1-5,9H/q+1. The minimum atomic E-state index is -1.09. The number of para-hydroxylation sites is 1. The van der Waals surface area contributed by atoms with Crippen molar-refractivity contribution < 1.29 is 14.2 Å². The maximum atomic E-state index is 10.5. The summed E-state index contributed by atoms with van der Waals surface area (Å²) in [6.45, 7) is 0. The molecule has 0 fully saturated rings. The predicted octanol–water partition coefficient (Wildman–Crippen LogP) is 1.07. The molecular formula is C8H6N2O2+. The third-order valence-corrected chi connectivity index (χ3v) is 1.31. The van der Waals surface area contributed by atoms with Gasteiger partial charge in [0, 0.05) is 0 Å². The fourth-order valence-electron chi connectivity index (χ4n) is 0.788. The van der Waals surface area contributed by atoms with Crippen molar-refractivity contribution in [2.24, 2.45) is 0 Å².